The molecule has 0 aliphatic carbocycles. The number of ketones is 1. The van der Waals surface area contributed by atoms with Crippen molar-refractivity contribution in [2.75, 3.05) is 20.3 Å². The summed E-state index contributed by atoms with van der Waals surface area (Å²) in [5.41, 5.74) is 1.19. The van der Waals surface area contributed by atoms with E-state index in [2.05, 4.69) is 4.74 Å². The predicted octanol–water partition coefficient (Wildman–Crippen LogP) is 4.21. The van der Waals surface area contributed by atoms with Crippen LogP contribution in [0.3, 0.4) is 0 Å². The Balaban J connectivity index is 1.98. The molecule has 0 atom stereocenters. The number of alkyl halides is 2. The zero-order valence-corrected chi connectivity index (χ0v) is 13.7. The maximum Gasteiger partial charge on any atom is 0.387 e. The first-order chi connectivity index (χ1) is 12.1. The lowest BCUT2D eigenvalue weighted by Crippen LogP contribution is -2.04. The molecule has 0 unspecified atom stereocenters. The van der Waals surface area contributed by atoms with Crippen LogP contribution in [0.4, 0.5) is 8.78 Å². The standard InChI is InChI=1S/C19H18F2O4/c1-23-11-12-24-17-4-2-3-14(13-17)5-10-18(22)15-6-8-16(9-7-15)25-19(20)21/h2-10,13,19H,11-12H2,1H3/b10-5+. The van der Waals surface area contributed by atoms with Gasteiger partial charge in [0, 0.05) is 12.7 Å². The van der Waals surface area contributed by atoms with Crippen LogP contribution in [0.5, 0.6) is 11.5 Å². The van der Waals surface area contributed by atoms with Crippen molar-refractivity contribution in [2.24, 2.45) is 0 Å². The van der Waals surface area contributed by atoms with Crippen molar-refractivity contribution in [3.05, 3.63) is 65.7 Å². The quantitative estimate of drug-likeness (QED) is 0.387. The molecule has 0 aliphatic heterocycles. The van der Waals surface area contributed by atoms with Gasteiger partial charge in [0.15, 0.2) is 5.78 Å². The van der Waals surface area contributed by atoms with Gasteiger partial charge >= 0.3 is 6.61 Å². The molecule has 2 aromatic rings. The molecule has 4 nitrogen and oxygen atoms in total. The second-order valence-corrected chi connectivity index (χ2v) is 5.01. The molecule has 0 saturated heterocycles. The van der Waals surface area contributed by atoms with E-state index in [-0.39, 0.29) is 11.5 Å². The highest BCUT2D eigenvalue weighted by molar-refractivity contribution is 6.06. The highest BCUT2D eigenvalue weighted by atomic mass is 19.3. The fourth-order valence-electron chi connectivity index (χ4n) is 2.02. The first-order valence-corrected chi connectivity index (χ1v) is 7.57. The third-order valence-electron chi connectivity index (χ3n) is 3.21. The van der Waals surface area contributed by atoms with Crippen LogP contribution >= 0.6 is 0 Å². The van der Waals surface area contributed by atoms with Crippen LogP contribution in [0.2, 0.25) is 0 Å². The minimum atomic E-state index is -2.89. The smallest absolute Gasteiger partial charge is 0.387 e. The summed E-state index contributed by atoms with van der Waals surface area (Å²) >= 11 is 0. The van der Waals surface area contributed by atoms with Crippen LogP contribution in [0.25, 0.3) is 6.08 Å². The van der Waals surface area contributed by atoms with Gasteiger partial charge in [-0.25, -0.2) is 0 Å². The van der Waals surface area contributed by atoms with Gasteiger partial charge in [-0.1, -0.05) is 18.2 Å². The molecule has 0 aliphatic rings. The Hall–Kier alpha value is -2.73. The number of halogens is 2. The van der Waals surface area contributed by atoms with Crippen molar-refractivity contribution in [1.82, 2.24) is 0 Å². The second-order valence-electron chi connectivity index (χ2n) is 5.01. The summed E-state index contributed by atoms with van der Waals surface area (Å²) in [5.74, 6) is 0.450. The van der Waals surface area contributed by atoms with Crippen LogP contribution in [0.15, 0.2) is 54.6 Å². The van der Waals surface area contributed by atoms with E-state index in [0.29, 0.717) is 24.5 Å². The first-order valence-electron chi connectivity index (χ1n) is 7.57. The van der Waals surface area contributed by atoms with Gasteiger partial charge in [-0.2, -0.15) is 8.78 Å². The highest BCUT2D eigenvalue weighted by Gasteiger charge is 2.06. The average Bonchev–Trinajstić information content (AvgIpc) is 2.60. The van der Waals surface area contributed by atoms with Crippen molar-refractivity contribution < 1.29 is 27.8 Å². The van der Waals surface area contributed by atoms with Crippen LogP contribution in [-0.2, 0) is 4.74 Å². The van der Waals surface area contributed by atoms with Gasteiger partial charge in [0.2, 0.25) is 0 Å². The lowest BCUT2D eigenvalue weighted by Gasteiger charge is -2.06. The largest absolute Gasteiger partial charge is 0.491 e. The first kappa shape index (κ1) is 18.6. The van der Waals surface area contributed by atoms with Crippen molar-refractivity contribution in [3.63, 3.8) is 0 Å². The predicted molar refractivity (Wildman–Crippen MR) is 90.3 cm³/mol. The van der Waals surface area contributed by atoms with E-state index in [1.54, 1.807) is 19.3 Å². The summed E-state index contributed by atoms with van der Waals surface area (Å²) in [7, 11) is 1.60. The summed E-state index contributed by atoms with van der Waals surface area (Å²) in [6.45, 7) is -1.96. The van der Waals surface area contributed by atoms with Crippen molar-refractivity contribution in [2.45, 2.75) is 6.61 Å². The molecule has 2 rings (SSSR count). The Labute approximate surface area is 144 Å². The normalized spacial score (nSPS) is 11.0. The zero-order chi connectivity index (χ0) is 18.1. The van der Waals surface area contributed by atoms with E-state index in [1.807, 2.05) is 18.2 Å². The van der Waals surface area contributed by atoms with Gasteiger partial charge in [0.1, 0.15) is 18.1 Å². The molecule has 2 aromatic carbocycles. The molecular formula is C19H18F2O4. The van der Waals surface area contributed by atoms with Crippen LogP contribution < -0.4 is 9.47 Å². The molecule has 6 heteroatoms. The molecule has 0 radical (unpaired) electrons. The molecule has 25 heavy (non-hydrogen) atoms. The Morgan fingerprint density at radius 1 is 1.08 bits per heavy atom. The number of ether oxygens (including phenoxy) is 3. The maximum atomic E-state index is 12.1. The molecule has 0 fully saturated rings. The van der Waals surface area contributed by atoms with E-state index < -0.39 is 6.61 Å². The summed E-state index contributed by atoms with van der Waals surface area (Å²) < 4.78 is 38.9. The minimum Gasteiger partial charge on any atom is -0.491 e. The fourth-order valence-corrected chi connectivity index (χ4v) is 2.02. The minimum absolute atomic E-state index is 0.0106. The Morgan fingerprint density at radius 3 is 2.52 bits per heavy atom. The number of carbonyl (C=O) groups excluding carboxylic acids is 1. The number of benzene rings is 2. The van der Waals surface area contributed by atoms with E-state index in [1.165, 1.54) is 30.3 Å². The molecule has 0 bridgehead atoms. The number of carbonyl (C=O) groups is 1. The lowest BCUT2D eigenvalue weighted by molar-refractivity contribution is -0.0498. The van der Waals surface area contributed by atoms with E-state index in [9.17, 15) is 13.6 Å². The lowest BCUT2D eigenvalue weighted by atomic mass is 10.1. The zero-order valence-electron chi connectivity index (χ0n) is 13.7. The summed E-state index contributed by atoms with van der Waals surface area (Å²) in [5, 5.41) is 0. The van der Waals surface area contributed by atoms with Gasteiger partial charge in [-0.15, -0.1) is 0 Å². The second kappa shape index (κ2) is 9.54. The maximum absolute atomic E-state index is 12.1. The number of hydrogen-bond donors (Lipinski definition) is 0. The summed E-state index contributed by atoms with van der Waals surface area (Å²) in [4.78, 5) is 12.1. The molecule has 0 amide bonds. The van der Waals surface area contributed by atoms with E-state index in [0.717, 1.165) is 5.56 Å². The van der Waals surface area contributed by atoms with Crippen LogP contribution in [0.1, 0.15) is 15.9 Å². The average molecular weight is 348 g/mol. The molecular weight excluding hydrogens is 330 g/mol. The summed E-state index contributed by atoms with van der Waals surface area (Å²) in [6, 6.07) is 12.8. The van der Waals surface area contributed by atoms with Crippen LogP contribution in [-0.4, -0.2) is 32.7 Å². The van der Waals surface area contributed by atoms with Crippen molar-refractivity contribution in [3.8, 4) is 11.5 Å². The van der Waals surface area contributed by atoms with Gasteiger partial charge < -0.3 is 14.2 Å². The van der Waals surface area contributed by atoms with Gasteiger partial charge in [0.05, 0.1) is 6.61 Å². The van der Waals surface area contributed by atoms with E-state index in [4.69, 9.17) is 9.47 Å². The Morgan fingerprint density at radius 2 is 1.84 bits per heavy atom. The Kier molecular flexibility index (Phi) is 7.10. The highest BCUT2D eigenvalue weighted by Crippen LogP contribution is 2.17. The third kappa shape index (κ3) is 6.35. The molecule has 0 saturated carbocycles. The topological polar surface area (TPSA) is 44.8 Å². The van der Waals surface area contributed by atoms with Crippen molar-refractivity contribution >= 4 is 11.9 Å². The van der Waals surface area contributed by atoms with Crippen molar-refractivity contribution in [1.29, 1.82) is 0 Å². The Bertz CT molecular complexity index is 712. The van der Waals surface area contributed by atoms with Gasteiger partial charge in [0.25, 0.3) is 0 Å². The fraction of sp³-hybridized carbons (Fsp3) is 0.211. The molecule has 0 aromatic heterocycles. The van der Waals surface area contributed by atoms with Gasteiger partial charge in [-0.3, -0.25) is 4.79 Å². The number of methoxy groups -OCH3 is 1. The number of allylic oxidation sites excluding steroid dienone is 1. The van der Waals surface area contributed by atoms with Gasteiger partial charge in [-0.05, 0) is 48.0 Å². The molecule has 132 valence electrons. The van der Waals surface area contributed by atoms with Crippen LogP contribution in [0, 0.1) is 0 Å². The number of rotatable bonds is 9. The molecule has 0 N–H and O–H groups in total. The SMILES string of the molecule is COCCOc1cccc(/C=C/C(=O)c2ccc(OC(F)F)cc2)c1. The summed E-state index contributed by atoms with van der Waals surface area (Å²) in [6.07, 6.45) is 3.08. The number of hydrogen-bond acceptors (Lipinski definition) is 4. The molecule has 0 heterocycles. The van der Waals surface area contributed by atoms with E-state index >= 15 is 0 Å². The molecule has 0 spiro atoms. The monoisotopic (exact) mass is 348 g/mol. The third-order valence-corrected chi connectivity index (χ3v) is 3.21.